The lowest BCUT2D eigenvalue weighted by molar-refractivity contribution is 0.670. The van der Waals surface area contributed by atoms with Gasteiger partial charge in [-0.1, -0.05) is 115 Å². The van der Waals surface area contributed by atoms with Crippen LogP contribution >= 0.6 is 0 Å². The molecule has 0 fully saturated rings. The summed E-state index contributed by atoms with van der Waals surface area (Å²) in [7, 11) is 0. The summed E-state index contributed by atoms with van der Waals surface area (Å²) >= 11 is 0. The van der Waals surface area contributed by atoms with E-state index >= 15 is 0 Å². The molecular weight excluding hydrogens is 625 g/mol. The molecule has 5 heteroatoms. The van der Waals surface area contributed by atoms with Crippen molar-refractivity contribution in [3.05, 3.63) is 175 Å². The average Bonchev–Trinajstić information content (AvgIpc) is 3.85. The van der Waals surface area contributed by atoms with E-state index in [1.54, 1.807) is 0 Å². The number of furan rings is 1. The van der Waals surface area contributed by atoms with Crippen LogP contribution in [-0.4, -0.2) is 20.6 Å². The smallest absolute Gasteiger partial charge is 0.144 e. The predicted octanol–water partition coefficient (Wildman–Crippen LogP) is 11.5. The third-order valence-corrected chi connectivity index (χ3v) is 10.5. The second kappa shape index (κ2) is 10.9. The fourth-order valence-electron chi connectivity index (χ4n) is 8.28. The Labute approximate surface area is 294 Å². The third kappa shape index (κ3) is 4.21. The van der Waals surface area contributed by atoms with Gasteiger partial charge in [0.2, 0.25) is 0 Å². The highest BCUT2D eigenvalue weighted by molar-refractivity contribution is 6.11. The summed E-state index contributed by atoms with van der Waals surface area (Å²) in [6, 6.07) is 51.1. The number of benzene rings is 5. The van der Waals surface area contributed by atoms with Crippen molar-refractivity contribution in [2.24, 2.45) is 0 Å². The second-order valence-electron chi connectivity index (χ2n) is 13.3. The molecule has 0 N–H and O–H groups in total. The van der Waals surface area contributed by atoms with Gasteiger partial charge in [-0.25, -0.2) is 9.97 Å². The van der Waals surface area contributed by atoms with Gasteiger partial charge in [0.05, 0.1) is 28.5 Å². The molecule has 0 amide bonds. The topological polar surface area (TPSA) is 47.1 Å². The normalized spacial score (nSPS) is 16.4. The van der Waals surface area contributed by atoms with Crippen LogP contribution in [0.3, 0.4) is 0 Å². The molecule has 0 radical (unpaired) electrons. The van der Waals surface area contributed by atoms with E-state index in [2.05, 4.69) is 161 Å². The van der Waals surface area contributed by atoms with E-state index in [0.717, 1.165) is 67.1 Å². The molecule has 2 atom stereocenters. The molecule has 2 unspecified atom stereocenters. The summed E-state index contributed by atoms with van der Waals surface area (Å²) in [5, 5.41) is 4.60. The van der Waals surface area contributed by atoms with Gasteiger partial charge in [-0.2, -0.15) is 0 Å². The minimum Gasteiger partial charge on any atom is -0.455 e. The molecule has 4 aromatic heterocycles. The molecule has 5 nitrogen and oxygen atoms in total. The number of rotatable bonds is 4. The molecule has 240 valence electrons. The Hall–Kier alpha value is -6.72. The zero-order valence-electron chi connectivity index (χ0n) is 27.5. The Balaban J connectivity index is 1.10. The lowest BCUT2D eigenvalue weighted by Crippen LogP contribution is -2.29. The largest absolute Gasteiger partial charge is 0.455 e. The van der Waals surface area contributed by atoms with E-state index in [1.807, 2.05) is 18.2 Å². The number of para-hydroxylation sites is 3. The van der Waals surface area contributed by atoms with E-state index in [9.17, 15) is 0 Å². The molecule has 1 aliphatic carbocycles. The van der Waals surface area contributed by atoms with E-state index in [-0.39, 0.29) is 12.0 Å². The van der Waals surface area contributed by atoms with Gasteiger partial charge >= 0.3 is 0 Å². The zero-order chi connectivity index (χ0) is 33.5. The Morgan fingerprint density at radius 3 is 2.18 bits per heavy atom. The highest BCUT2D eigenvalue weighted by atomic mass is 16.3. The Morgan fingerprint density at radius 1 is 0.529 bits per heavy atom. The predicted molar refractivity (Wildman–Crippen MR) is 208 cm³/mol. The van der Waals surface area contributed by atoms with Gasteiger partial charge < -0.3 is 9.32 Å². The van der Waals surface area contributed by atoms with Crippen LogP contribution in [0.2, 0.25) is 0 Å². The van der Waals surface area contributed by atoms with E-state index in [4.69, 9.17) is 14.4 Å². The number of hydrogen-bond donors (Lipinski definition) is 0. The number of nitrogens with zero attached hydrogens (tertiary/aromatic N) is 4. The quantitative estimate of drug-likeness (QED) is 0.189. The van der Waals surface area contributed by atoms with Crippen LogP contribution in [-0.2, 0) is 0 Å². The summed E-state index contributed by atoms with van der Waals surface area (Å²) in [5.41, 5.74) is 10.4. The van der Waals surface area contributed by atoms with Crippen LogP contribution in [0.5, 0.6) is 0 Å². The van der Waals surface area contributed by atoms with Crippen LogP contribution in [0.4, 0.5) is 11.5 Å². The molecule has 0 spiro atoms. The number of fused-ring (bicyclic) bond motifs is 9. The van der Waals surface area contributed by atoms with Gasteiger partial charge in [0.15, 0.2) is 0 Å². The fourth-order valence-corrected chi connectivity index (χ4v) is 8.28. The van der Waals surface area contributed by atoms with Crippen molar-refractivity contribution in [1.29, 1.82) is 0 Å². The summed E-state index contributed by atoms with van der Waals surface area (Å²) in [6.45, 7) is 0. The minimum absolute atomic E-state index is 0.0977. The van der Waals surface area contributed by atoms with Crippen LogP contribution in [0.15, 0.2) is 174 Å². The molecule has 0 bridgehead atoms. The summed E-state index contributed by atoms with van der Waals surface area (Å²) in [5.74, 6) is 1.99. The fraction of sp³-hybridized carbons (Fsp3) is 0.0435. The van der Waals surface area contributed by atoms with Gasteiger partial charge in [-0.15, -0.1) is 0 Å². The lowest BCUT2D eigenvalue weighted by atomic mass is 9.91. The first-order valence-corrected chi connectivity index (χ1v) is 17.4. The van der Waals surface area contributed by atoms with Gasteiger partial charge in [0.1, 0.15) is 22.8 Å². The number of hydrogen-bond acceptors (Lipinski definition) is 4. The minimum atomic E-state index is 0.0977. The maximum Gasteiger partial charge on any atom is 0.144 e. The molecule has 51 heavy (non-hydrogen) atoms. The van der Waals surface area contributed by atoms with Crippen LogP contribution < -0.4 is 4.90 Å². The first kappa shape index (κ1) is 28.2. The molecule has 5 aromatic carbocycles. The van der Waals surface area contributed by atoms with E-state index < -0.39 is 0 Å². The van der Waals surface area contributed by atoms with Crippen molar-refractivity contribution in [3.63, 3.8) is 0 Å². The lowest BCUT2D eigenvalue weighted by Gasteiger charge is -2.28. The molecular formula is C46H30N4O. The number of anilines is 2. The van der Waals surface area contributed by atoms with Crippen molar-refractivity contribution in [1.82, 2.24) is 14.5 Å². The standard InChI is InChI=1S/C46H30N4O/c1-2-13-29(14-3-1)37-20-11-25-44(47-37)49-39-22-7-4-15-30(39)35-28-42-36(27-41(35)49)31-16-5-8-23-40(31)50(42)45-26-12-21-38(48-45)34-19-10-18-33-32-17-6-9-24-43(32)51-46(33)34/h1-28,31,40H. The summed E-state index contributed by atoms with van der Waals surface area (Å²) in [6.07, 6.45) is 8.97. The van der Waals surface area contributed by atoms with Crippen molar-refractivity contribution in [3.8, 4) is 28.3 Å². The molecule has 2 aliphatic rings. The highest BCUT2D eigenvalue weighted by Crippen LogP contribution is 2.50. The molecule has 0 saturated carbocycles. The highest BCUT2D eigenvalue weighted by Gasteiger charge is 2.39. The first-order valence-electron chi connectivity index (χ1n) is 17.4. The Bertz CT molecular complexity index is 2900. The summed E-state index contributed by atoms with van der Waals surface area (Å²) < 4.78 is 8.75. The van der Waals surface area contributed by atoms with Gasteiger partial charge in [0.25, 0.3) is 0 Å². The number of pyridine rings is 2. The average molecular weight is 655 g/mol. The van der Waals surface area contributed by atoms with Crippen LogP contribution in [0, 0.1) is 0 Å². The van der Waals surface area contributed by atoms with Gasteiger partial charge in [-0.3, -0.25) is 4.57 Å². The molecule has 11 rings (SSSR count). The van der Waals surface area contributed by atoms with E-state index in [1.165, 1.54) is 22.0 Å². The van der Waals surface area contributed by atoms with Gasteiger partial charge in [0, 0.05) is 44.3 Å². The zero-order valence-corrected chi connectivity index (χ0v) is 27.5. The number of allylic oxidation sites excluding steroid dienone is 2. The van der Waals surface area contributed by atoms with Crippen LogP contribution in [0.25, 0.3) is 72.1 Å². The Kier molecular flexibility index (Phi) is 6.01. The summed E-state index contributed by atoms with van der Waals surface area (Å²) in [4.78, 5) is 13.0. The van der Waals surface area contributed by atoms with E-state index in [0.29, 0.717) is 0 Å². The van der Waals surface area contributed by atoms with Crippen LogP contribution in [0.1, 0.15) is 11.5 Å². The van der Waals surface area contributed by atoms with Crippen molar-refractivity contribution >= 4 is 55.2 Å². The first-order chi connectivity index (χ1) is 25.3. The monoisotopic (exact) mass is 654 g/mol. The van der Waals surface area contributed by atoms with Gasteiger partial charge in [-0.05, 0) is 60.2 Å². The van der Waals surface area contributed by atoms with Crippen molar-refractivity contribution < 1.29 is 4.42 Å². The third-order valence-electron chi connectivity index (χ3n) is 10.5. The molecule has 5 heterocycles. The van der Waals surface area contributed by atoms with Crippen molar-refractivity contribution in [2.75, 3.05) is 4.90 Å². The SMILES string of the molecule is C1=CC2c3cc4c(cc3N(c3cccc(-c5cccc6c5oc5ccccc56)n3)C2C=C1)c1ccccc1n4-c1cccc(-c2ccccc2)n1. The maximum absolute atomic E-state index is 6.42. The second-order valence-corrected chi connectivity index (χ2v) is 13.3. The molecule has 9 aromatic rings. The molecule has 1 aliphatic heterocycles. The number of aromatic nitrogens is 3. The maximum atomic E-state index is 6.42. The Morgan fingerprint density at radius 2 is 1.25 bits per heavy atom. The molecule has 0 saturated heterocycles. The van der Waals surface area contributed by atoms with Crippen molar-refractivity contribution in [2.45, 2.75) is 12.0 Å².